The van der Waals surface area contributed by atoms with E-state index in [9.17, 15) is 0 Å². The zero-order valence-corrected chi connectivity index (χ0v) is 12.4. The number of hydrogen-bond acceptors (Lipinski definition) is 2. The maximum atomic E-state index is 3.62. The van der Waals surface area contributed by atoms with E-state index in [0.717, 1.165) is 6.54 Å². The second-order valence-corrected chi connectivity index (χ2v) is 5.94. The first-order chi connectivity index (χ1) is 9.27. The molecule has 1 unspecified atom stereocenters. The lowest BCUT2D eigenvalue weighted by Gasteiger charge is -2.20. The highest BCUT2D eigenvalue weighted by molar-refractivity contribution is 7.10. The van der Waals surface area contributed by atoms with Crippen LogP contribution in [0.5, 0.6) is 0 Å². The lowest BCUT2D eigenvalue weighted by atomic mass is 10.0. The van der Waals surface area contributed by atoms with Gasteiger partial charge in [0.2, 0.25) is 0 Å². The molecule has 0 spiro atoms. The molecular weight excluding hydrogens is 250 g/mol. The summed E-state index contributed by atoms with van der Waals surface area (Å²) in [6.45, 7) is 5.42. The first-order valence-electron chi connectivity index (χ1n) is 6.76. The fraction of sp³-hybridized carbons (Fsp3) is 0.294. The van der Waals surface area contributed by atoms with Crippen LogP contribution < -0.4 is 5.32 Å². The van der Waals surface area contributed by atoms with E-state index in [1.807, 2.05) is 17.4 Å². The largest absolute Gasteiger partial charge is 0.306 e. The second kappa shape index (κ2) is 7.27. The molecule has 2 heteroatoms. The molecule has 0 radical (unpaired) electrons. The monoisotopic (exact) mass is 271 g/mol. The molecular formula is C17H21NS. The molecule has 19 heavy (non-hydrogen) atoms. The summed E-state index contributed by atoms with van der Waals surface area (Å²) in [5, 5.41) is 5.76. The van der Waals surface area contributed by atoms with Crippen LogP contribution in [0.4, 0.5) is 0 Å². The van der Waals surface area contributed by atoms with Crippen molar-refractivity contribution in [2.75, 3.05) is 6.54 Å². The predicted octanol–water partition coefficient (Wildman–Crippen LogP) is 4.75. The van der Waals surface area contributed by atoms with Gasteiger partial charge in [-0.15, -0.1) is 11.3 Å². The van der Waals surface area contributed by atoms with E-state index in [-0.39, 0.29) is 0 Å². The van der Waals surface area contributed by atoms with Crippen molar-refractivity contribution in [2.45, 2.75) is 19.9 Å². The number of hydrogen-bond donors (Lipinski definition) is 1. The van der Waals surface area contributed by atoms with E-state index >= 15 is 0 Å². The summed E-state index contributed by atoms with van der Waals surface area (Å²) in [5.74, 6) is 0.601. The van der Waals surface area contributed by atoms with Gasteiger partial charge >= 0.3 is 0 Å². The second-order valence-electron chi connectivity index (χ2n) is 4.96. The predicted molar refractivity (Wildman–Crippen MR) is 85.4 cm³/mol. The molecule has 0 saturated carbocycles. The van der Waals surface area contributed by atoms with Crippen LogP contribution in [0.2, 0.25) is 0 Å². The van der Waals surface area contributed by atoms with Crippen LogP contribution in [0.15, 0.2) is 53.9 Å². The Balaban J connectivity index is 1.88. The van der Waals surface area contributed by atoms with Crippen molar-refractivity contribution in [3.05, 3.63) is 64.4 Å². The van der Waals surface area contributed by atoms with Crippen LogP contribution in [-0.2, 0) is 0 Å². The molecule has 0 amide bonds. The van der Waals surface area contributed by atoms with Gasteiger partial charge in [-0.3, -0.25) is 0 Å². The molecule has 1 atom stereocenters. The Hall–Kier alpha value is -1.38. The lowest BCUT2D eigenvalue weighted by Crippen LogP contribution is -2.25. The first-order valence-corrected chi connectivity index (χ1v) is 7.63. The van der Waals surface area contributed by atoms with Gasteiger partial charge < -0.3 is 5.32 Å². The third-order valence-corrected chi connectivity index (χ3v) is 4.04. The molecule has 1 heterocycles. The van der Waals surface area contributed by atoms with Gasteiger partial charge in [-0.2, -0.15) is 0 Å². The van der Waals surface area contributed by atoms with Gasteiger partial charge in [-0.05, 0) is 22.9 Å². The zero-order valence-electron chi connectivity index (χ0n) is 11.5. The molecule has 0 aliphatic carbocycles. The van der Waals surface area contributed by atoms with Crippen LogP contribution in [0.1, 0.15) is 30.3 Å². The third kappa shape index (κ3) is 4.34. The lowest BCUT2D eigenvalue weighted by molar-refractivity contribution is 0.435. The maximum absolute atomic E-state index is 3.62. The summed E-state index contributed by atoms with van der Waals surface area (Å²) in [6.07, 6.45) is 4.36. The van der Waals surface area contributed by atoms with Crippen molar-refractivity contribution < 1.29 is 0 Å². The van der Waals surface area contributed by atoms with Gasteiger partial charge in [-0.1, -0.05) is 62.4 Å². The molecule has 0 aliphatic rings. The molecule has 0 fully saturated rings. The quantitative estimate of drug-likeness (QED) is 0.799. The molecule has 0 bridgehead atoms. The van der Waals surface area contributed by atoms with Crippen LogP contribution in [0.25, 0.3) is 6.08 Å². The highest BCUT2D eigenvalue weighted by atomic mass is 32.1. The molecule has 1 nitrogen and oxygen atoms in total. The fourth-order valence-electron chi connectivity index (χ4n) is 2.09. The van der Waals surface area contributed by atoms with Crippen LogP contribution >= 0.6 is 11.3 Å². The summed E-state index contributed by atoms with van der Waals surface area (Å²) in [7, 11) is 0. The van der Waals surface area contributed by atoms with Crippen LogP contribution in [-0.4, -0.2) is 6.54 Å². The minimum atomic E-state index is 0.445. The standard InChI is InChI=1S/C17H21NS/c1-14(2)17(16-11-7-13-19-16)18-12-6-10-15-8-4-3-5-9-15/h3-11,13-14,17-18H,12H2,1-2H3/b10-6+. The molecule has 100 valence electrons. The first kappa shape index (κ1) is 14.0. The van der Waals surface area contributed by atoms with Crippen molar-refractivity contribution in [3.8, 4) is 0 Å². The summed E-state index contributed by atoms with van der Waals surface area (Å²) in [4.78, 5) is 1.42. The summed E-state index contributed by atoms with van der Waals surface area (Å²) >= 11 is 1.83. The van der Waals surface area contributed by atoms with Gasteiger partial charge in [0.05, 0.1) is 0 Å². The minimum absolute atomic E-state index is 0.445. The van der Waals surface area contributed by atoms with Crippen molar-refractivity contribution in [1.29, 1.82) is 0 Å². The Morgan fingerprint density at radius 1 is 1.11 bits per heavy atom. The van der Waals surface area contributed by atoms with Crippen molar-refractivity contribution in [1.82, 2.24) is 5.32 Å². The molecule has 1 aromatic carbocycles. The number of thiophene rings is 1. The number of benzene rings is 1. The van der Waals surface area contributed by atoms with E-state index in [2.05, 4.69) is 73.1 Å². The highest BCUT2D eigenvalue weighted by Crippen LogP contribution is 2.25. The molecule has 1 N–H and O–H groups in total. The minimum Gasteiger partial charge on any atom is -0.306 e. The normalized spacial score (nSPS) is 13.2. The zero-order chi connectivity index (χ0) is 13.5. The van der Waals surface area contributed by atoms with Crippen LogP contribution in [0.3, 0.4) is 0 Å². The van der Waals surface area contributed by atoms with Crippen molar-refractivity contribution >= 4 is 17.4 Å². The SMILES string of the molecule is CC(C)C(NC/C=C/c1ccccc1)c1cccs1. The van der Waals surface area contributed by atoms with Crippen molar-refractivity contribution in [3.63, 3.8) is 0 Å². The van der Waals surface area contributed by atoms with Gasteiger partial charge in [0, 0.05) is 17.5 Å². The average Bonchev–Trinajstić information content (AvgIpc) is 2.93. The summed E-state index contributed by atoms with van der Waals surface area (Å²) in [5.41, 5.74) is 1.25. The Labute approximate surface area is 120 Å². The maximum Gasteiger partial charge on any atom is 0.0440 e. The van der Waals surface area contributed by atoms with E-state index in [1.54, 1.807) is 0 Å². The Morgan fingerprint density at radius 3 is 2.53 bits per heavy atom. The van der Waals surface area contributed by atoms with Crippen LogP contribution in [0, 0.1) is 5.92 Å². The topological polar surface area (TPSA) is 12.0 Å². The van der Waals surface area contributed by atoms with E-state index in [4.69, 9.17) is 0 Å². The Morgan fingerprint density at radius 2 is 1.89 bits per heavy atom. The Kier molecular flexibility index (Phi) is 5.37. The third-order valence-electron chi connectivity index (χ3n) is 3.08. The molecule has 0 aliphatic heterocycles. The van der Waals surface area contributed by atoms with E-state index in [0.29, 0.717) is 12.0 Å². The smallest absolute Gasteiger partial charge is 0.0440 e. The number of rotatable bonds is 6. The highest BCUT2D eigenvalue weighted by Gasteiger charge is 2.14. The summed E-state index contributed by atoms with van der Waals surface area (Å²) in [6, 6.07) is 15.2. The average molecular weight is 271 g/mol. The van der Waals surface area contributed by atoms with Gasteiger partial charge in [0.15, 0.2) is 0 Å². The van der Waals surface area contributed by atoms with Gasteiger partial charge in [0.25, 0.3) is 0 Å². The molecule has 1 aromatic heterocycles. The Bertz CT molecular complexity index is 485. The van der Waals surface area contributed by atoms with Crippen molar-refractivity contribution in [2.24, 2.45) is 5.92 Å². The van der Waals surface area contributed by atoms with E-state index in [1.165, 1.54) is 10.4 Å². The molecule has 2 rings (SSSR count). The van der Waals surface area contributed by atoms with Gasteiger partial charge in [0.1, 0.15) is 0 Å². The number of nitrogens with one attached hydrogen (secondary N) is 1. The molecule has 0 saturated heterocycles. The fourth-order valence-corrected chi connectivity index (χ4v) is 3.06. The van der Waals surface area contributed by atoms with Gasteiger partial charge in [-0.25, -0.2) is 0 Å². The molecule has 2 aromatic rings. The van der Waals surface area contributed by atoms with E-state index < -0.39 is 0 Å². The summed E-state index contributed by atoms with van der Waals surface area (Å²) < 4.78 is 0.